The number of nitrogens with one attached hydrogen (secondary N) is 1. The largest absolute Gasteiger partial charge is 0.454 e. The number of hydrogen-bond donors (Lipinski definition) is 1. The minimum absolute atomic E-state index is 0.0103. The van der Waals surface area contributed by atoms with E-state index in [1.54, 1.807) is 12.1 Å². The lowest BCUT2D eigenvalue weighted by molar-refractivity contribution is -0.119. The molecule has 1 fully saturated rings. The van der Waals surface area contributed by atoms with E-state index in [-0.39, 0.29) is 24.4 Å². The molecule has 3 rings (SSSR count). The number of anilines is 1. The molecular formula is C15H17NO4. The summed E-state index contributed by atoms with van der Waals surface area (Å²) in [5, 5.41) is 2.87. The third-order valence-corrected chi connectivity index (χ3v) is 3.88. The summed E-state index contributed by atoms with van der Waals surface area (Å²) in [5.74, 6) is 1.06. The molecule has 1 amide bonds. The molecule has 0 radical (unpaired) electrons. The van der Waals surface area contributed by atoms with Crippen molar-refractivity contribution in [2.75, 3.05) is 12.1 Å². The first-order valence-corrected chi connectivity index (χ1v) is 6.90. The number of fused-ring (bicyclic) bond motifs is 1. The molecule has 20 heavy (non-hydrogen) atoms. The predicted octanol–water partition coefficient (Wildman–Crippen LogP) is 2.75. The summed E-state index contributed by atoms with van der Waals surface area (Å²) >= 11 is 0. The highest BCUT2D eigenvalue weighted by Gasteiger charge is 2.25. The standard InChI is InChI=1S/C15H17NO4/c1-9(17)11-6-13-14(20-8-19-13)7-12(11)16-15(18)10-4-2-3-5-10/h6-7,10H,2-5,8H2,1H3,(H,16,18). The molecule has 1 aliphatic heterocycles. The van der Waals surface area contributed by atoms with E-state index in [9.17, 15) is 9.59 Å². The van der Waals surface area contributed by atoms with E-state index in [0.29, 0.717) is 22.7 Å². The summed E-state index contributed by atoms with van der Waals surface area (Å²) in [4.78, 5) is 23.9. The van der Waals surface area contributed by atoms with Gasteiger partial charge in [0.05, 0.1) is 5.69 Å². The third kappa shape index (κ3) is 2.35. The summed E-state index contributed by atoms with van der Waals surface area (Å²) in [7, 11) is 0. The van der Waals surface area contributed by atoms with E-state index in [1.165, 1.54) is 6.92 Å². The van der Waals surface area contributed by atoms with Crippen LogP contribution < -0.4 is 14.8 Å². The third-order valence-electron chi connectivity index (χ3n) is 3.88. The number of hydrogen-bond acceptors (Lipinski definition) is 4. The molecule has 5 nitrogen and oxygen atoms in total. The van der Waals surface area contributed by atoms with Gasteiger partial charge >= 0.3 is 0 Å². The van der Waals surface area contributed by atoms with Crippen LogP contribution in [0, 0.1) is 5.92 Å². The number of benzene rings is 1. The Labute approximate surface area is 117 Å². The van der Waals surface area contributed by atoms with Gasteiger partial charge in [-0.05, 0) is 25.8 Å². The molecular weight excluding hydrogens is 258 g/mol. The average molecular weight is 275 g/mol. The molecule has 1 aliphatic carbocycles. The Bertz CT molecular complexity index is 561. The van der Waals surface area contributed by atoms with Gasteiger partial charge in [-0.2, -0.15) is 0 Å². The van der Waals surface area contributed by atoms with Gasteiger partial charge in [0, 0.05) is 17.5 Å². The first-order chi connectivity index (χ1) is 9.65. The SMILES string of the molecule is CC(=O)c1cc2c(cc1NC(=O)C1CCCC1)OCO2. The van der Waals surface area contributed by atoms with Crippen LogP contribution in [0.5, 0.6) is 11.5 Å². The Balaban J connectivity index is 1.87. The second-order valence-electron chi connectivity index (χ2n) is 5.28. The van der Waals surface area contributed by atoms with E-state index in [1.807, 2.05) is 0 Å². The van der Waals surface area contributed by atoms with Gasteiger partial charge in [-0.15, -0.1) is 0 Å². The number of ketones is 1. The first-order valence-electron chi connectivity index (χ1n) is 6.90. The normalized spacial score (nSPS) is 17.2. The number of carbonyl (C=O) groups is 2. The van der Waals surface area contributed by atoms with Crippen molar-refractivity contribution < 1.29 is 19.1 Å². The number of amides is 1. The lowest BCUT2D eigenvalue weighted by atomic mass is 10.1. The van der Waals surface area contributed by atoms with Crippen molar-refractivity contribution >= 4 is 17.4 Å². The van der Waals surface area contributed by atoms with Gasteiger partial charge in [0.15, 0.2) is 17.3 Å². The molecule has 1 saturated carbocycles. The maximum atomic E-state index is 12.2. The molecule has 106 valence electrons. The van der Waals surface area contributed by atoms with Crippen molar-refractivity contribution in [2.24, 2.45) is 5.92 Å². The van der Waals surface area contributed by atoms with Crippen molar-refractivity contribution in [3.05, 3.63) is 17.7 Å². The number of Topliss-reactive ketones (excluding diaryl/α,β-unsaturated/α-hetero) is 1. The van der Waals surface area contributed by atoms with Gasteiger partial charge in [-0.3, -0.25) is 9.59 Å². The molecule has 0 bridgehead atoms. The lowest BCUT2D eigenvalue weighted by Crippen LogP contribution is -2.21. The van der Waals surface area contributed by atoms with Crippen LogP contribution in [-0.4, -0.2) is 18.5 Å². The minimum atomic E-state index is -0.106. The average Bonchev–Trinajstić information content (AvgIpc) is 3.08. The molecule has 0 unspecified atom stereocenters. The van der Waals surface area contributed by atoms with Crippen molar-refractivity contribution in [3.8, 4) is 11.5 Å². The molecule has 0 aromatic heterocycles. The maximum Gasteiger partial charge on any atom is 0.231 e. The summed E-state index contributed by atoms with van der Waals surface area (Å²) in [6, 6.07) is 3.31. The molecule has 0 saturated heterocycles. The predicted molar refractivity (Wildman–Crippen MR) is 73.2 cm³/mol. The topological polar surface area (TPSA) is 64.6 Å². The maximum absolute atomic E-state index is 12.2. The van der Waals surface area contributed by atoms with Crippen LogP contribution in [0.25, 0.3) is 0 Å². The van der Waals surface area contributed by atoms with E-state index in [0.717, 1.165) is 25.7 Å². The fraction of sp³-hybridized carbons (Fsp3) is 0.467. The van der Waals surface area contributed by atoms with Gasteiger partial charge < -0.3 is 14.8 Å². The second kappa shape index (κ2) is 5.15. The molecule has 0 spiro atoms. The van der Waals surface area contributed by atoms with Gasteiger partial charge in [0.25, 0.3) is 0 Å². The zero-order valence-corrected chi connectivity index (χ0v) is 11.4. The highest BCUT2D eigenvalue weighted by atomic mass is 16.7. The fourth-order valence-electron chi connectivity index (χ4n) is 2.76. The fourth-order valence-corrected chi connectivity index (χ4v) is 2.76. The van der Waals surface area contributed by atoms with Gasteiger partial charge in [-0.25, -0.2) is 0 Å². The first kappa shape index (κ1) is 13.0. The van der Waals surface area contributed by atoms with Crippen molar-refractivity contribution in [2.45, 2.75) is 32.6 Å². The zero-order chi connectivity index (χ0) is 14.1. The molecule has 1 heterocycles. The van der Waals surface area contributed by atoms with E-state index < -0.39 is 0 Å². The van der Waals surface area contributed by atoms with Crippen LogP contribution in [0.4, 0.5) is 5.69 Å². The molecule has 5 heteroatoms. The van der Waals surface area contributed by atoms with Gasteiger partial charge in [0.1, 0.15) is 0 Å². The second-order valence-corrected chi connectivity index (χ2v) is 5.28. The Morgan fingerprint density at radius 1 is 1.15 bits per heavy atom. The Morgan fingerprint density at radius 3 is 2.45 bits per heavy atom. The molecule has 1 aromatic carbocycles. The Morgan fingerprint density at radius 2 is 1.80 bits per heavy atom. The quantitative estimate of drug-likeness (QED) is 0.861. The van der Waals surface area contributed by atoms with Crippen molar-refractivity contribution in [1.82, 2.24) is 0 Å². The summed E-state index contributed by atoms with van der Waals surface area (Å²) in [5.41, 5.74) is 0.972. The summed E-state index contributed by atoms with van der Waals surface area (Å²) in [6.45, 7) is 1.62. The Hall–Kier alpha value is -2.04. The summed E-state index contributed by atoms with van der Waals surface area (Å²) < 4.78 is 10.6. The monoisotopic (exact) mass is 275 g/mol. The van der Waals surface area contributed by atoms with E-state index in [4.69, 9.17) is 9.47 Å². The molecule has 1 aromatic rings. The van der Waals surface area contributed by atoms with Gasteiger partial charge in [-0.1, -0.05) is 12.8 Å². The van der Waals surface area contributed by atoms with Gasteiger partial charge in [0.2, 0.25) is 12.7 Å². The van der Waals surface area contributed by atoms with Crippen LogP contribution in [0.15, 0.2) is 12.1 Å². The van der Waals surface area contributed by atoms with Crippen molar-refractivity contribution in [1.29, 1.82) is 0 Å². The number of ether oxygens (including phenoxy) is 2. The highest BCUT2D eigenvalue weighted by Crippen LogP contribution is 2.37. The Kier molecular flexibility index (Phi) is 3.34. The summed E-state index contributed by atoms with van der Waals surface area (Å²) in [6.07, 6.45) is 4.04. The minimum Gasteiger partial charge on any atom is -0.454 e. The number of rotatable bonds is 3. The van der Waals surface area contributed by atoms with E-state index in [2.05, 4.69) is 5.32 Å². The molecule has 0 atom stereocenters. The van der Waals surface area contributed by atoms with Crippen LogP contribution in [-0.2, 0) is 4.79 Å². The van der Waals surface area contributed by atoms with Crippen LogP contribution in [0.2, 0.25) is 0 Å². The lowest BCUT2D eigenvalue weighted by Gasteiger charge is -2.13. The number of carbonyl (C=O) groups excluding carboxylic acids is 2. The van der Waals surface area contributed by atoms with Crippen LogP contribution >= 0.6 is 0 Å². The highest BCUT2D eigenvalue weighted by molar-refractivity contribution is 6.05. The zero-order valence-electron chi connectivity index (χ0n) is 11.4. The van der Waals surface area contributed by atoms with E-state index >= 15 is 0 Å². The van der Waals surface area contributed by atoms with Crippen molar-refractivity contribution in [3.63, 3.8) is 0 Å². The molecule has 2 aliphatic rings. The van der Waals surface area contributed by atoms with Crippen LogP contribution in [0.3, 0.4) is 0 Å². The molecule has 1 N–H and O–H groups in total. The smallest absolute Gasteiger partial charge is 0.231 e. The van der Waals surface area contributed by atoms with Crippen LogP contribution in [0.1, 0.15) is 43.0 Å².